The number of aliphatic hydroxyl groups excluding tert-OH is 1. The van der Waals surface area contributed by atoms with Gasteiger partial charge in [-0.15, -0.1) is 0 Å². The molecule has 0 amide bonds. The number of nitrogens with zero attached hydrogens (tertiary/aromatic N) is 1. The van der Waals surface area contributed by atoms with Crippen molar-refractivity contribution >= 4 is 16.7 Å². The number of pyridine rings is 1. The molecular formula is C18H21NO2. The summed E-state index contributed by atoms with van der Waals surface area (Å²) in [6.45, 7) is 0. The lowest BCUT2D eigenvalue weighted by atomic mass is 9.83. The number of carbonyl (C=O) groups is 1. The summed E-state index contributed by atoms with van der Waals surface area (Å²) in [7, 11) is 0. The van der Waals surface area contributed by atoms with E-state index in [4.69, 9.17) is 0 Å². The summed E-state index contributed by atoms with van der Waals surface area (Å²) in [5.41, 5.74) is 1.64. The molecule has 1 aromatic heterocycles. The molecule has 0 aliphatic heterocycles. The van der Waals surface area contributed by atoms with Gasteiger partial charge in [0, 0.05) is 11.1 Å². The Labute approximate surface area is 125 Å². The minimum absolute atomic E-state index is 0.0929. The summed E-state index contributed by atoms with van der Waals surface area (Å²) in [5, 5.41) is 11.3. The monoisotopic (exact) mass is 283 g/mol. The number of Topliss-reactive ketones (excluding diaryl/α,β-unsaturated/α-hetero) is 1. The van der Waals surface area contributed by atoms with Crippen LogP contribution in [0.3, 0.4) is 0 Å². The van der Waals surface area contributed by atoms with Gasteiger partial charge in [0.15, 0.2) is 5.78 Å². The molecule has 3 nitrogen and oxygen atoms in total. The molecule has 110 valence electrons. The van der Waals surface area contributed by atoms with Crippen LogP contribution in [0.5, 0.6) is 0 Å². The highest BCUT2D eigenvalue weighted by Crippen LogP contribution is 2.27. The van der Waals surface area contributed by atoms with Crippen molar-refractivity contribution < 1.29 is 9.90 Å². The van der Waals surface area contributed by atoms with Gasteiger partial charge in [0.2, 0.25) is 0 Å². The molecule has 1 N–H and O–H groups in total. The summed E-state index contributed by atoms with van der Waals surface area (Å²) in [5.74, 6) is 0.0522. The Kier molecular flexibility index (Phi) is 4.30. The maximum Gasteiger partial charge on any atom is 0.167 e. The summed E-state index contributed by atoms with van der Waals surface area (Å²) in [6, 6.07) is 11.7. The van der Waals surface area contributed by atoms with E-state index in [-0.39, 0.29) is 18.1 Å². The van der Waals surface area contributed by atoms with Gasteiger partial charge in [-0.1, -0.05) is 43.5 Å². The molecule has 21 heavy (non-hydrogen) atoms. The van der Waals surface area contributed by atoms with Crippen LogP contribution in [0, 0.1) is 5.92 Å². The molecule has 0 bridgehead atoms. The average molecular weight is 283 g/mol. The van der Waals surface area contributed by atoms with E-state index in [9.17, 15) is 9.90 Å². The first kappa shape index (κ1) is 14.2. The van der Waals surface area contributed by atoms with Crippen LogP contribution in [0.4, 0.5) is 0 Å². The molecule has 0 saturated heterocycles. The summed E-state index contributed by atoms with van der Waals surface area (Å²) in [6.07, 6.45) is 4.83. The van der Waals surface area contributed by atoms with Crippen LogP contribution < -0.4 is 0 Å². The van der Waals surface area contributed by atoms with Crippen molar-refractivity contribution in [2.24, 2.45) is 5.92 Å². The molecule has 1 aliphatic rings. The van der Waals surface area contributed by atoms with Crippen molar-refractivity contribution in [2.75, 3.05) is 0 Å². The molecule has 1 atom stereocenters. The van der Waals surface area contributed by atoms with E-state index >= 15 is 0 Å². The Morgan fingerprint density at radius 1 is 1.14 bits per heavy atom. The zero-order valence-electron chi connectivity index (χ0n) is 12.2. The van der Waals surface area contributed by atoms with E-state index in [1.54, 1.807) is 0 Å². The lowest BCUT2D eigenvalue weighted by Crippen LogP contribution is -2.32. The minimum atomic E-state index is -0.821. The Balaban J connectivity index is 1.70. The number of ketones is 1. The fraction of sp³-hybridized carbons (Fsp3) is 0.444. The SMILES string of the molecule is O=C(Cc1ccc2ccccc2n1)C(O)C1CCCCC1. The molecule has 1 heterocycles. The summed E-state index contributed by atoms with van der Waals surface area (Å²) in [4.78, 5) is 16.8. The van der Waals surface area contributed by atoms with Crippen LogP contribution >= 0.6 is 0 Å². The number of aromatic nitrogens is 1. The van der Waals surface area contributed by atoms with Gasteiger partial charge in [-0.25, -0.2) is 0 Å². The molecule has 1 fully saturated rings. The predicted molar refractivity (Wildman–Crippen MR) is 83.0 cm³/mol. The van der Waals surface area contributed by atoms with Crippen LogP contribution in [0.2, 0.25) is 0 Å². The first-order valence-corrected chi connectivity index (χ1v) is 7.79. The van der Waals surface area contributed by atoms with E-state index in [2.05, 4.69) is 4.98 Å². The number of benzene rings is 1. The van der Waals surface area contributed by atoms with Crippen LogP contribution in [0.1, 0.15) is 37.8 Å². The molecule has 0 radical (unpaired) electrons. The Morgan fingerprint density at radius 2 is 1.90 bits per heavy atom. The van der Waals surface area contributed by atoms with Gasteiger partial charge >= 0.3 is 0 Å². The van der Waals surface area contributed by atoms with E-state index < -0.39 is 6.10 Å². The van der Waals surface area contributed by atoms with Crippen LogP contribution in [-0.4, -0.2) is 22.0 Å². The number of fused-ring (bicyclic) bond motifs is 1. The standard InChI is InChI=1S/C18H21NO2/c20-17(18(21)14-7-2-1-3-8-14)12-15-11-10-13-6-4-5-9-16(13)19-15/h4-6,9-11,14,18,21H,1-3,7-8,12H2. The highest BCUT2D eigenvalue weighted by molar-refractivity contribution is 5.86. The van der Waals surface area contributed by atoms with Gasteiger partial charge in [0.1, 0.15) is 6.10 Å². The van der Waals surface area contributed by atoms with Crippen molar-refractivity contribution in [3.05, 3.63) is 42.1 Å². The maximum atomic E-state index is 12.3. The van der Waals surface area contributed by atoms with Gasteiger partial charge in [-0.05, 0) is 30.9 Å². The zero-order chi connectivity index (χ0) is 14.7. The fourth-order valence-corrected chi connectivity index (χ4v) is 3.20. The maximum absolute atomic E-state index is 12.3. The molecule has 3 heteroatoms. The second kappa shape index (κ2) is 6.35. The van der Waals surface area contributed by atoms with E-state index in [0.29, 0.717) is 0 Å². The van der Waals surface area contributed by atoms with Crippen molar-refractivity contribution in [3.8, 4) is 0 Å². The minimum Gasteiger partial charge on any atom is -0.385 e. The molecule has 2 aromatic rings. The van der Waals surface area contributed by atoms with Crippen molar-refractivity contribution in [3.63, 3.8) is 0 Å². The average Bonchev–Trinajstić information content (AvgIpc) is 2.55. The first-order chi connectivity index (χ1) is 10.2. The highest BCUT2D eigenvalue weighted by atomic mass is 16.3. The van der Waals surface area contributed by atoms with Crippen molar-refractivity contribution in [1.82, 2.24) is 4.98 Å². The first-order valence-electron chi connectivity index (χ1n) is 7.79. The predicted octanol–water partition coefficient (Wildman–Crippen LogP) is 3.29. The second-order valence-corrected chi connectivity index (χ2v) is 5.98. The molecule has 1 aromatic carbocycles. The number of aliphatic hydroxyl groups is 1. The normalized spacial score (nSPS) is 17.8. The van der Waals surface area contributed by atoms with Gasteiger partial charge in [-0.2, -0.15) is 0 Å². The largest absolute Gasteiger partial charge is 0.385 e. The Morgan fingerprint density at radius 3 is 2.71 bits per heavy atom. The molecular weight excluding hydrogens is 262 g/mol. The number of rotatable bonds is 4. The van der Waals surface area contributed by atoms with E-state index in [1.165, 1.54) is 6.42 Å². The lowest BCUT2D eigenvalue weighted by molar-refractivity contribution is -0.129. The Hall–Kier alpha value is -1.74. The number of carbonyl (C=O) groups excluding carboxylic acids is 1. The number of hydrogen-bond donors (Lipinski definition) is 1. The van der Waals surface area contributed by atoms with Crippen molar-refractivity contribution in [1.29, 1.82) is 0 Å². The lowest BCUT2D eigenvalue weighted by Gasteiger charge is -2.25. The quantitative estimate of drug-likeness (QED) is 0.936. The summed E-state index contributed by atoms with van der Waals surface area (Å²) < 4.78 is 0. The third-order valence-electron chi connectivity index (χ3n) is 4.44. The molecule has 0 spiro atoms. The Bertz CT molecular complexity index is 632. The summed E-state index contributed by atoms with van der Waals surface area (Å²) >= 11 is 0. The third-order valence-corrected chi connectivity index (χ3v) is 4.44. The van der Waals surface area contributed by atoms with Gasteiger partial charge in [0.25, 0.3) is 0 Å². The van der Waals surface area contributed by atoms with Crippen LogP contribution in [-0.2, 0) is 11.2 Å². The van der Waals surface area contributed by atoms with Gasteiger partial charge in [-0.3, -0.25) is 9.78 Å². The topological polar surface area (TPSA) is 50.2 Å². The zero-order valence-corrected chi connectivity index (χ0v) is 12.2. The second-order valence-electron chi connectivity index (χ2n) is 5.98. The fourth-order valence-electron chi connectivity index (χ4n) is 3.20. The van der Waals surface area contributed by atoms with Gasteiger partial charge in [0.05, 0.1) is 11.9 Å². The number of para-hydroxylation sites is 1. The van der Waals surface area contributed by atoms with Crippen molar-refractivity contribution in [2.45, 2.75) is 44.6 Å². The number of hydrogen-bond acceptors (Lipinski definition) is 3. The third kappa shape index (κ3) is 3.30. The molecule has 1 saturated carbocycles. The molecule has 1 aliphatic carbocycles. The highest BCUT2D eigenvalue weighted by Gasteiger charge is 2.27. The molecule has 1 unspecified atom stereocenters. The molecule has 3 rings (SSSR count). The van der Waals surface area contributed by atoms with Gasteiger partial charge < -0.3 is 5.11 Å². The van der Waals surface area contributed by atoms with E-state index in [0.717, 1.165) is 42.3 Å². The van der Waals surface area contributed by atoms with Crippen LogP contribution in [0.15, 0.2) is 36.4 Å². The smallest absolute Gasteiger partial charge is 0.167 e. The van der Waals surface area contributed by atoms with E-state index in [1.807, 2.05) is 36.4 Å². The van der Waals surface area contributed by atoms with Crippen LogP contribution in [0.25, 0.3) is 10.9 Å².